The molecule has 3 aromatic rings. The van der Waals surface area contributed by atoms with Crippen LogP contribution in [0.25, 0.3) is 10.9 Å². The van der Waals surface area contributed by atoms with E-state index in [2.05, 4.69) is 4.98 Å². The molecule has 0 spiro atoms. The van der Waals surface area contributed by atoms with Crippen LogP contribution in [0.1, 0.15) is 26.3 Å². The van der Waals surface area contributed by atoms with Gasteiger partial charge in [-0.15, -0.1) is 0 Å². The summed E-state index contributed by atoms with van der Waals surface area (Å²) in [6, 6.07) is 15.4. The molecule has 6 heteroatoms. The number of rotatable bonds is 3. The molecule has 0 saturated carbocycles. The third-order valence-electron chi connectivity index (χ3n) is 4.02. The molecule has 2 heterocycles. The molecule has 0 atom stereocenters. The van der Waals surface area contributed by atoms with Crippen molar-refractivity contribution in [3.63, 3.8) is 0 Å². The summed E-state index contributed by atoms with van der Waals surface area (Å²) in [4.78, 5) is 46.0. The third kappa shape index (κ3) is 2.53. The van der Waals surface area contributed by atoms with Crippen LogP contribution in [0.2, 0.25) is 0 Å². The zero-order valence-electron chi connectivity index (χ0n) is 13.0. The molecule has 2 amide bonds. The maximum atomic E-state index is 12.3. The average Bonchev–Trinajstić information content (AvgIpc) is 2.87. The van der Waals surface area contributed by atoms with Gasteiger partial charge in [0.15, 0.2) is 0 Å². The van der Waals surface area contributed by atoms with Gasteiger partial charge in [0.05, 0.1) is 23.1 Å². The average molecular weight is 332 g/mol. The molecule has 0 aliphatic carbocycles. The van der Waals surface area contributed by atoms with E-state index < -0.39 is 17.8 Å². The smallest absolute Gasteiger partial charge is 0.329 e. The molecule has 25 heavy (non-hydrogen) atoms. The summed E-state index contributed by atoms with van der Waals surface area (Å²) >= 11 is 0. The van der Waals surface area contributed by atoms with Crippen molar-refractivity contribution in [3.05, 3.63) is 77.5 Å². The first-order valence-electron chi connectivity index (χ1n) is 7.66. The number of carbonyl (C=O) groups is 3. The molecule has 0 radical (unpaired) electrons. The highest BCUT2D eigenvalue weighted by Crippen LogP contribution is 2.23. The van der Waals surface area contributed by atoms with Crippen LogP contribution in [0.3, 0.4) is 0 Å². The zero-order chi connectivity index (χ0) is 17.4. The zero-order valence-corrected chi connectivity index (χ0v) is 13.0. The van der Waals surface area contributed by atoms with E-state index in [9.17, 15) is 14.4 Å². The van der Waals surface area contributed by atoms with E-state index in [-0.39, 0.29) is 17.5 Å². The minimum atomic E-state index is -0.689. The van der Waals surface area contributed by atoms with Crippen molar-refractivity contribution in [1.82, 2.24) is 10.0 Å². The molecule has 0 bridgehead atoms. The SMILES string of the molecule is O=C(Cc1cccc2ncccc12)ON1C(=O)c2ccccc2C1=O. The Kier molecular flexibility index (Phi) is 3.50. The fraction of sp³-hybridized carbons (Fsp3) is 0.0526. The van der Waals surface area contributed by atoms with Gasteiger partial charge in [0.1, 0.15) is 0 Å². The first-order valence-corrected chi connectivity index (χ1v) is 7.66. The molecule has 122 valence electrons. The number of benzene rings is 2. The second-order valence-electron chi connectivity index (χ2n) is 5.58. The topological polar surface area (TPSA) is 76.6 Å². The molecule has 0 fully saturated rings. The Morgan fingerprint density at radius 1 is 0.920 bits per heavy atom. The van der Waals surface area contributed by atoms with Gasteiger partial charge in [-0.3, -0.25) is 14.6 Å². The Labute approximate surface area is 142 Å². The number of carbonyl (C=O) groups excluding carboxylic acids is 3. The van der Waals surface area contributed by atoms with Gasteiger partial charge < -0.3 is 4.84 Å². The van der Waals surface area contributed by atoms with Crippen LogP contribution in [0.5, 0.6) is 0 Å². The number of pyridine rings is 1. The Hall–Kier alpha value is -3.54. The van der Waals surface area contributed by atoms with Gasteiger partial charge in [-0.2, -0.15) is 0 Å². The highest BCUT2D eigenvalue weighted by molar-refractivity contribution is 6.20. The maximum absolute atomic E-state index is 12.3. The van der Waals surface area contributed by atoms with Crippen LogP contribution < -0.4 is 0 Å². The van der Waals surface area contributed by atoms with Crippen molar-refractivity contribution < 1.29 is 19.2 Å². The summed E-state index contributed by atoms with van der Waals surface area (Å²) in [7, 11) is 0. The largest absolute Gasteiger partial charge is 0.337 e. The number of hydroxylamine groups is 2. The fourth-order valence-electron chi connectivity index (χ4n) is 2.86. The molecule has 6 nitrogen and oxygen atoms in total. The molecular weight excluding hydrogens is 320 g/mol. The number of imide groups is 1. The number of hydrogen-bond donors (Lipinski definition) is 0. The summed E-state index contributed by atoms with van der Waals surface area (Å²) in [5.41, 5.74) is 1.94. The van der Waals surface area contributed by atoms with Gasteiger partial charge in [0.25, 0.3) is 11.8 Å². The van der Waals surface area contributed by atoms with Crippen molar-refractivity contribution >= 4 is 28.7 Å². The number of fused-ring (bicyclic) bond motifs is 2. The molecule has 1 aliphatic heterocycles. The lowest BCUT2D eigenvalue weighted by Crippen LogP contribution is -2.33. The predicted octanol–water partition coefficient (Wildman–Crippen LogP) is 2.53. The molecule has 0 unspecified atom stereocenters. The van der Waals surface area contributed by atoms with Crippen LogP contribution in [-0.4, -0.2) is 27.8 Å². The van der Waals surface area contributed by atoms with Crippen molar-refractivity contribution in [1.29, 1.82) is 0 Å². The predicted molar refractivity (Wildman–Crippen MR) is 88.5 cm³/mol. The standard InChI is InChI=1S/C19H12N2O4/c22-17(11-12-5-3-9-16-13(12)8-4-10-20-16)25-21-18(23)14-6-1-2-7-15(14)19(21)24/h1-10H,11H2. The quantitative estimate of drug-likeness (QED) is 0.689. The Morgan fingerprint density at radius 2 is 1.64 bits per heavy atom. The van der Waals surface area contributed by atoms with Crippen molar-refractivity contribution in [2.24, 2.45) is 0 Å². The van der Waals surface area contributed by atoms with Crippen molar-refractivity contribution in [2.45, 2.75) is 6.42 Å². The van der Waals surface area contributed by atoms with Gasteiger partial charge in [-0.1, -0.05) is 35.4 Å². The Balaban J connectivity index is 1.55. The van der Waals surface area contributed by atoms with E-state index in [0.717, 1.165) is 10.9 Å². The molecule has 0 N–H and O–H groups in total. The number of hydrogen-bond acceptors (Lipinski definition) is 5. The normalized spacial score (nSPS) is 13.2. The van der Waals surface area contributed by atoms with E-state index in [0.29, 0.717) is 10.6 Å². The fourth-order valence-corrected chi connectivity index (χ4v) is 2.86. The monoisotopic (exact) mass is 332 g/mol. The molecular formula is C19H12N2O4. The Bertz CT molecular complexity index is 988. The van der Waals surface area contributed by atoms with Crippen molar-refractivity contribution in [2.75, 3.05) is 0 Å². The lowest BCUT2D eigenvalue weighted by atomic mass is 10.1. The summed E-state index contributed by atoms with van der Waals surface area (Å²) < 4.78 is 0. The maximum Gasteiger partial charge on any atom is 0.337 e. The minimum absolute atomic E-state index is 0.0730. The van der Waals surface area contributed by atoms with Gasteiger partial charge in [0, 0.05) is 11.6 Å². The van der Waals surface area contributed by atoms with E-state index in [1.807, 2.05) is 12.1 Å². The highest BCUT2D eigenvalue weighted by atomic mass is 16.7. The van der Waals surface area contributed by atoms with Crippen LogP contribution in [0, 0.1) is 0 Å². The molecule has 2 aromatic carbocycles. The van der Waals surface area contributed by atoms with Gasteiger partial charge in [-0.05, 0) is 29.8 Å². The van der Waals surface area contributed by atoms with Gasteiger partial charge >= 0.3 is 5.97 Å². The molecule has 0 saturated heterocycles. The number of nitrogens with zero attached hydrogens (tertiary/aromatic N) is 2. The highest BCUT2D eigenvalue weighted by Gasteiger charge is 2.38. The lowest BCUT2D eigenvalue weighted by molar-refractivity contribution is -0.167. The lowest BCUT2D eigenvalue weighted by Gasteiger charge is -2.13. The summed E-state index contributed by atoms with van der Waals surface area (Å²) in [5.74, 6) is -1.95. The number of amides is 2. The third-order valence-corrected chi connectivity index (χ3v) is 4.02. The van der Waals surface area contributed by atoms with Crippen LogP contribution in [0.4, 0.5) is 0 Å². The summed E-state index contributed by atoms with van der Waals surface area (Å²) in [6.07, 6.45) is 1.60. The van der Waals surface area contributed by atoms with Crippen molar-refractivity contribution in [3.8, 4) is 0 Å². The van der Waals surface area contributed by atoms with Crippen LogP contribution >= 0.6 is 0 Å². The van der Waals surface area contributed by atoms with Gasteiger partial charge in [0.2, 0.25) is 0 Å². The van der Waals surface area contributed by atoms with Crippen LogP contribution in [-0.2, 0) is 16.1 Å². The van der Waals surface area contributed by atoms with E-state index in [1.165, 1.54) is 12.1 Å². The minimum Gasteiger partial charge on any atom is -0.329 e. The first kappa shape index (κ1) is 15.0. The summed E-state index contributed by atoms with van der Waals surface area (Å²) in [6.45, 7) is 0. The first-order chi connectivity index (χ1) is 12.1. The second kappa shape index (κ2) is 5.83. The molecule has 1 aromatic heterocycles. The van der Waals surface area contributed by atoms with E-state index >= 15 is 0 Å². The molecule has 1 aliphatic rings. The Morgan fingerprint density at radius 3 is 2.36 bits per heavy atom. The van der Waals surface area contributed by atoms with E-state index in [1.54, 1.807) is 36.5 Å². The van der Waals surface area contributed by atoms with Gasteiger partial charge in [-0.25, -0.2) is 4.79 Å². The second-order valence-corrected chi connectivity index (χ2v) is 5.58. The van der Waals surface area contributed by atoms with E-state index in [4.69, 9.17) is 4.84 Å². The molecule has 4 rings (SSSR count). The summed E-state index contributed by atoms with van der Waals surface area (Å²) in [5, 5.41) is 1.35. The van der Waals surface area contributed by atoms with Crippen LogP contribution in [0.15, 0.2) is 60.8 Å². The number of aromatic nitrogens is 1.